The molecule has 1 saturated heterocycles. The fraction of sp³-hybridized carbons (Fsp3) is 0.889. The summed E-state index contributed by atoms with van der Waals surface area (Å²) in [4.78, 5) is 13.0. The first-order valence-corrected chi connectivity index (χ1v) is 4.37. The van der Waals surface area contributed by atoms with Crippen LogP contribution in [0.4, 0.5) is 0 Å². The Kier molecular flexibility index (Phi) is 2.42. The lowest BCUT2D eigenvalue weighted by atomic mass is 9.96. The van der Waals surface area contributed by atoms with Crippen LogP contribution >= 0.6 is 0 Å². The van der Waals surface area contributed by atoms with Crippen LogP contribution in [0.5, 0.6) is 0 Å². The van der Waals surface area contributed by atoms with E-state index in [4.69, 9.17) is 0 Å². The van der Waals surface area contributed by atoms with E-state index in [0.717, 1.165) is 6.54 Å². The summed E-state index contributed by atoms with van der Waals surface area (Å²) < 4.78 is 0. The van der Waals surface area contributed by atoms with Crippen LogP contribution in [0.3, 0.4) is 0 Å². The Bertz CT molecular complexity index is 183. The van der Waals surface area contributed by atoms with Gasteiger partial charge in [-0.25, -0.2) is 0 Å². The zero-order valence-electron chi connectivity index (χ0n) is 8.00. The highest BCUT2D eigenvalue weighted by atomic mass is 16.3. The minimum atomic E-state index is -0.743. The highest BCUT2D eigenvalue weighted by molar-refractivity contribution is 5.82. The van der Waals surface area contributed by atoms with Gasteiger partial charge in [-0.3, -0.25) is 4.79 Å². The van der Waals surface area contributed by atoms with E-state index in [0.29, 0.717) is 13.0 Å². The normalized spacial score (nSPS) is 25.2. The quantitative estimate of drug-likeness (QED) is 0.628. The third-order valence-corrected chi connectivity index (χ3v) is 1.93. The lowest BCUT2D eigenvalue weighted by Gasteiger charge is -2.26. The van der Waals surface area contributed by atoms with Crippen molar-refractivity contribution in [1.82, 2.24) is 4.90 Å². The van der Waals surface area contributed by atoms with Gasteiger partial charge in [-0.1, -0.05) is 20.8 Å². The van der Waals surface area contributed by atoms with E-state index < -0.39 is 6.10 Å². The number of rotatable bonds is 1. The van der Waals surface area contributed by atoms with E-state index in [1.807, 2.05) is 0 Å². The number of amides is 1. The number of nitrogens with zero attached hydrogens (tertiary/aromatic N) is 1. The Morgan fingerprint density at radius 3 is 2.50 bits per heavy atom. The molecule has 1 rings (SSSR count). The van der Waals surface area contributed by atoms with Gasteiger partial charge in [0.2, 0.25) is 0 Å². The summed E-state index contributed by atoms with van der Waals surface area (Å²) in [6, 6.07) is 0. The van der Waals surface area contributed by atoms with Gasteiger partial charge in [0, 0.05) is 13.1 Å². The summed E-state index contributed by atoms with van der Waals surface area (Å²) in [5.41, 5.74) is 0.125. The third kappa shape index (κ3) is 2.21. The molecule has 0 spiro atoms. The molecule has 0 aromatic rings. The molecule has 1 N–H and O–H groups in total. The molecule has 1 aliphatic heterocycles. The molecule has 70 valence electrons. The summed E-state index contributed by atoms with van der Waals surface area (Å²) in [5.74, 6) is -0.107. The Morgan fingerprint density at radius 2 is 2.17 bits per heavy atom. The van der Waals surface area contributed by atoms with Crippen LogP contribution in [0, 0.1) is 5.41 Å². The lowest BCUT2D eigenvalue weighted by Crippen LogP contribution is -2.36. The van der Waals surface area contributed by atoms with Crippen LogP contribution in [-0.4, -0.2) is 35.1 Å². The molecule has 3 nitrogen and oxygen atoms in total. The van der Waals surface area contributed by atoms with Crippen LogP contribution in [0.25, 0.3) is 0 Å². The molecule has 0 saturated carbocycles. The minimum Gasteiger partial charge on any atom is -0.383 e. The maximum Gasteiger partial charge on any atom is 0.251 e. The number of likely N-dealkylation sites (tertiary alicyclic amines) is 1. The fourth-order valence-electron chi connectivity index (χ4n) is 1.45. The number of hydrogen-bond donors (Lipinski definition) is 1. The zero-order valence-corrected chi connectivity index (χ0v) is 8.00. The van der Waals surface area contributed by atoms with Crippen molar-refractivity contribution in [3.8, 4) is 0 Å². The predicted molar refractivity (Wildman–Crippen MR) is 46.7 cm³/mol. The van der Waals surface area contributed by atoms with Crippen molar-refractivity contribution in [2.75, 3.05) is 13.1 Å². The van der Waals surface area contributed by atoms with Crippen molar-refractivity contribution < 1.29 is 9.90 Å². The summed E-state index contributed by atoms with van der Waals surface area (Å²) >= 11 is 0. The molecule has 3 heteroatoms. The van der Waals surface area contributed by atoms with E-state index in [2.05, 4.69) is 20.8 Å². The molecule has 0 unspecified atom stereocenters. The molecule has 1 aliphatic rings. The molecule has 0 aromatic heterocycles. The summed E-state index contributed by atoms with van der Waals surface area (Å²) in [5, 5.41) is 9.17. The van der Waals surface area contributed by atoms with Gasteiger partial charge in [0.25, 0.3) is 5.91 Å². The number of carbonyl (C=O) groups is 1. The number of aliphatic hydroxyl groups excluding tert-OH is 1. The second kappa shape index (κ2) is 3.05. The van der Waals surface area contributed by atoms with Crippen molar-refractivity contribution in [2.45, 2.75) is 33.3 Å². The average Bonchev–Trinajstić information content (AvgIpc) is 2.16. The van der Waals surface area contributed by atoms with Crippen molar-refractivity contribution in [1.29, 1.82) is 0 Å². The van der Waals surface area contributed by atoms with Gasteiger partial charge < -0.3 is 10.0 Å². The second-order valence-electron chi connectivity index (χ2n) is 4.62. The molecule has 1 fully saturated rings. The molecule has 0 aliphatic carbocycles. The fourth-order valence-corrected chi connectivity index (χ4v) is 1.45. The topological polar surface area (TPSA) is 40.5 Å². The van der Waals surface area contributed by atoms with Gasteiger partial charge in [0.1, 0.15) is 6.10 Å². The minimum absolute atomic E-state index is 0.107. The average molecular weight is 171 g/mol. The van der Waals surface area contributed by atoms with Crippen LogP contribution < -0.4 is 0 Å². The molecule has 1 heterocycles. The van der Waals surface area contributed by atoms with Crippen LogP contribution in [-0.2, 0) is 4.79 Å². The smallest absolute Gasteiger partial charge is 0.251 e. The molecule has 0 aromatic carbocycles. The summed E-state index contributed by atoms with van der Waals surface area (Å²) in [6.07, 6.45) is -0.151. The van der Waals surface area contributed by atoms with Crippen molar-refractivity contribution in [3.05, 3.63) is 0 Å². The molecule has 12 heavy (non-hydrogen) atoms. The molecular formula is C9H17NO2. The largest absolute Gasteiger partial charge is 0.383 e. The van der Waals surface area contributed by atoms with Gasteiger partial charge in [-0.15, -0.1) is 0 Å². The van der Waals surface area contributed by atoms with E-state index in [-0.39, 0.29) is 11.3 Å². The Labute approximate surface area is 73.4 Å². The first-order valence-electron chi connectivity index (χ1n) is 4.37. The summed E-state index contributed by atoms with van der Waals surface area (Å²) in [7, 11) is 0. The maximum absolute atomic E-state index is 11.3. The third-order valence-electron chi connectivity index (χ3n) is 1.93. The first kappa shape index (κ1) is 9.52. The van der Waals surface area contributed by atoms with Gasteiger partial charge in [0.05, 0.1) is 0 Å². The van der Waals surface area contributed by atoms with Crippen molar-refractivity contribution in [2.24, 2.45) is 5.41 Å². The Morgan fingerprint density at radius 1 is 1.58 bits per heavy atom. The predicted octanol–water partition coefficient (Wildman–Crippen LogP) is 0.626. The van der Waals surface area contributed by atoms with Gasteiger partial charge in [-0.05, 0) is 11.8 Å². The SMILES string of the molecule is CC(C)(C)CN1CC[C@H](O)C1=O. The molecule has 0 bridgehead atoms. The van der Waals surface area contributed by atoms with Crippen LogP contribution in [0.15, 0.2) is 0 Å². The monoisotopic (exact) mass is 171 g/mol. The van der Waals surface area contributed by atoms with Crippen molar-refractivity contribution >= 4 is 5.91 Å². The standard InChI is InChI=1S/C9H17NO2/c1-9(2,3)6-10-5-4-7(11)8(10)12/h7,11H,4-6H2,1-3H3/t7-/m0/s1. The van der Waals surface area contributed by atoms with Gasteiger partial charge in [0.15, 0.2) is 0 Å². The maximum atomic E-state index is 11.3. The molecular weight excluding hydrogens is 154 g/mol. The van der Waals surface area contributed by atoms with E-state index in [1.165, 1.54) is 0 Å². The van der Waals surface area contributed by atoms with E-state index in [9.17, 15) is 9.90 Å². The number of aliphatic hydroxyl groups is 1. The van der Waals surface area contributed by atoms with Crippen molar-refractivity contribution in [3.63, 3.8) is 0 Å². The molecule has 1 amide bonds. The highest BCUT2D eigenvalue weighted by Gasteiger charge is 2.31. The van der Waals surface area contributed by atoms with Gasteiger partial charge >= 0.3 is 0 Å². The van der Waals surface area contributed by atoms with E-state index in [1.54, 1.807) is 4.90 Å². The van der Waals surface area contributed by atoms with E-state index >= 15 is 0 Å². The zero-order chi connectivity index (χ0) is 9.35. The number of carbonyl (C=O) groups excluding carboxylic acids is 1. The second-order valence-corrected chi connectivity index (χ2v) is 4.62. The molecule has 0 radical (unpaired) electrons. The lowest BCUT2D eigenvalue weighted by molar-refractivity contribution is -0.135. The van der Waals surface area contributed by atoms with Crippen LogP contribution in [0.1, 0.15) is 27.2 Å². The summed E-state index contributed by atoms with van der Waals surface area (Å²) in [6.45, 7) is 7.71. The Hall–Kier alpha value is -0.570. The Balaban J connectivity index is 2.50. The first-order chi connectivity index (χ1) is 5.40. The van der Waals surface area contributed by atoms with Gasteiger partial charge in [-0.2, -0.15) is 0 Å². The molecule has 1 atom stereocenters. The highest BCUT2D eigenvalue weighted by Crippen LogP contribution is 2.19. The number of hydrogen-bond acceptors (Lipinski definition) is 2. The van der Waals surface area contributed by atoms with Crippen LogP contribution in [0.2, 0.25) is 0 Å².